The highest BCUT2D eigenvalue weighted by molar-refractivity contribution is 8.14. The fourth-order valence-electron chi connectivity index (χ4n) is 5.75. The maximum absolute atomic E-state index is 14.4. The fraction of sp³-hybridized carbons (Fsp3) is 0.361. The topological polar surface area (TPSA) is 128 Å². The fourth-order valence-corrected chi connectivity index (χ4v) is 12.4. The summed E-state index contributed by atoms with van der Waals surface area (Å²) in [4.78, 5) is 43.3. The molecule has 258 valence electrons. The Hall–Kier alpha value is -3.83. The first-order chi connectivity index (χ1) is 23.4. The van der Waals surface area contributed by atoms with E-state index in [9.17, 15) is 19.5 Å². The zero-order valence-corrected chi connectivity index (χ0v) is 31.3. The molecule has 3 aromatic carbocycles. The van der Waals surface area contributed by atoms with Gasteiger partial charge in [-0.2, -0.15) is 0 Å². The number of hydrogen-bond donors (Lipinski definition) is 1. The molecule has 1 amide bonds. The molecule has 0 saturated carbocycles. The van der Waals surface area contributed by atoms with Crippen LogP contribution in [0.1, 0.15) is 40.0 Å². The third-order valence-corrected chi connectivity index (χ3v) is 19.4. The molecular weight excluding hydrogens is 674 g/mol. The Kier molecular flexibility index (Phi) is 11.4. The zero-order valence-electron chi connectivity index (χ0n) is 28.6. The molecule has 0 aliphatic carbocycles. The van der Waals surface area contributed by atoms with Crippen LogP contribution in [0.15, 0.2) is 97.3 Å². The monoisotopic (exact) mass is 717 g/mol. The molecule has 0 bridgehead atoms. The van der Waals surface area contributed by atoms with Crippen LogP contribution < -0.4 is 15.9 Å². The van der Waals surface area contributed by atoms with Crippen LogP contribution in [0.3, 0.4) is 0 Å². The molecule has 1 N–H and O–H groups in total. The van der Waals surface area contributed by atoms with Crippen LogP contribution in [-0.2, 0) is 25.4 Å². The Balaban J connectivity index is 1.63. The minimum Gasteiger partial charge on any atom is -0.477 e. The lowest BCUT2D eigenvalue weighted by Crippen LogP contribution is -2.66. The summed E-state index contributed by atoms with van der Waals surface area (Å²) >= 11 is 1.05. The number of carbonyl (C=O) groups is 3. The number of benzene rings is 3. The highest BCUT2D eigenvalue weighted by Gasteiger charge is 2.55. The van der Waals surface area contributed by atoms with E-state index in [0.29, 0.717) is 19.4 Å². The summed E-state index contributed by atoms with van der Waals surface area (Å²) in [5, 5.41) is 23.9. The first-order valence-corrected chi connectivity index (χ1v) is 22.0. The highest BCUT2D eigenvalue weighted by atomic mass is 32.2. The van der Waals surface area contributed by atoms with E-state index in [4.69, 9.17) is 4.43 Å². The van der Waals surface area contributed by atoms with Gasteiger partial charge < -0.3 is 9.53 Å². The van der Waals surface area contributed by atoms with E-state index in [-0.39, 0.29) is 34.5 Å². The SMILES string of the molecule is CC(C)(C)[Si](C)(C)OC[C@H]1C(=O)N(C(C(=O)O)=P(c2ccccc2)(c2ccccc2)c2ccccc2)[C@@H]1SC(=O)CCCCn1cnnn1. The second kappa shape index (κ2) is 15.4. The number of amides is 1. The Morgan fingerprint density at radius 3 is 1.88 bits per heavy atom. The number of hydrogen-bond acceptors (Lipinski definition) is 8. The van der Waals surface area contributed by atoms with Crippen molar-refractivity contribution < 1.29 is 23.9 Å². The zero-order chi connectivity index (χ0) is 35.2. The number of likely N-dealkylation sites (tertiary alicyclic amines) is 1. The third kappa shape index (κ3) is 7.67. The van der Waals surface area contributed by atoms with E-state index < -0.39 is 32.5 Å². The summed E-state index contributed by atoms with van der Waals surface area (Å²) in [5.74, 6) is -2.21. The predicted octanol–water partition coefficient (Wildman–Crippen LogP) is 5.12. The number of rotatable bonds is 14. The molecule has 10 nitrogen and oxygen atoms in total. The summed E-state index contributed by atoms with van der Waals surface area (Å²) < 4.78 is 8.16. The van der Waals surface area contributed by atoms with Gasteiger partial charge in [0.2, 0.25) is 5.91 Å². The number of β-lactam (4-membered cyclic amide) rings is 1. The number of carbonyl (C=O) groups excluding carboxylic acids is 2. The molecule has 1 aliphatic rings. The molecule has 2 atom stereocenters. The first kappa shape index (κ1) is 36.4. The Bertz CT molecular complexity index is 1700. The van der Waals surface area contributed by atoms with Gasteiger partial charge in [0.15, 0.2) is 13.4 Å². The number of unbranched alkanes of at least 4 members (excludes halogenated alkanes) is 1. The van der Waals surface area contributed by atoms with Gasteiger partial charge in [-0.05, 0) is 57.3 Å². The standard InChI is InChI=1S/C36H44N5O5PSSi/c1-36(2,3)49(4,5)46-25-30-32(43)41(34(30)48-31(42)23-15-16-24-40-26-37-38-39-40)33(35(44)45)47(27-17-9-6-10-18-27,28-19-11-7-12-20-28)29-21-13-8-14-22-29/h6-14,17-22,26,30,34H,15-16,23-25H2,1-5H3,(H,44,45)/t30-,34+/m0/s1. The van der Waals surface area contributed by atoms with Crippen molar-refractivity contribution >= 4 is 65.3 Å². The Morgan fingerprint density at radius 1 is 0.898 bits per heavy atom. The number of carboxylic acid groups (broad SMARTS) is 1. The number of aromatic nitrogens is 4. The highest BCUT2D eigenvalue weighted by Crippen LogP contribution is 2.51. The van der Waals surface area contributed by atoms with Crippen molar-refractivity contribution in [3.05, 3.63) is 97.3 Å². The summed E-state index contributed by atoms with van der Waals surface area (Å²) in [5.41, 5.74) is -0.00587. The molecule has 0 radical (unpaired) electrons. The minimum atomic E-state index is -3.17. The van der Waals surface area contributed by atoms with Crippen molar-refractivity contribution in [2.75, 3.05) is 6.61 Å². The number of aliphatic carboxylic acids is 1. The molecule has 0 unspecified atom stereocenters. The largest absolute Gasteiger partial charge is 0.477 e. The molecule has 49 heavy (non-hydrogen) atoms. The molecule has 2 heterocycles. The van der Waals surface area contributed by atoms with Crippen molar-refractivity contribution in [1.82, 2.24) is 25.1 Å². The van der Waals surface area contributed by atoms with Gasteiger partial charge in [0.25, 0.3) is 0 Å². The molecule has 4 aromatic rings. The quantitative estimate of drug-likeness (QED) is 0.0819. The van der Waals surface area contributed by atoms with E-state index in [0.717, 1.165) is 27.7 Å². The molecule has 13 heteroatoms. The van der Waals surface area contributed by atoms with Crippen molar-refractivity contribution in [2.24, 2.45) is 5.92 Å². The molecule has 5 rings (SSSR count). The van der Waals surface area contributed by atoms with Crippen molar-refractivity contribution in [2.45, 2.75) is 70.1 Å². The number of aryl methyl sites for hydroxylation is 1. The van der Waals surface area contributed by atoms with Crippen LogP contribution in [0.4, 0.5) is 0 Å². The van der Waals surface area contributed by atoms with Crippen LogP contribution in [-0.4, -0.2) is 72.9 Å². The second-order valence-corrected chi connectivity index (χ2v) is 22.9. The van der Waals surface area contributed by atoms with Crippen LogP contribution in [0.5, 0.6) is 0 Å². The van der Waals surface area contributed by atoms with Crippen LogP contribution >= 0.6 is 18.6 Å². The van der Waals surface area contributed by atoms with Gasteiger partial charge in [-0.15, -0.1) is 5.10 Å². The average Bonchev–Trinajstić information content (AvgIpc) is 3.61. The number of carboxylic acids is 1. The van der Waals surface area contributed by atoms with Crippen molar-refractivity contribution in [3.63, 3.8) is 0 Å². The summed E-state index contributed by atoms with van der Waals surface area (Å²) in [6, 6.07) is 28.7. The average molecular weight is 718 g/mol. The van der Waals surface area contributed by atoms with Crippen LogP contribution in [0.25, 0.3) is 0 Å². The van der Waals surface area contributed by atoms with E-state index in [2.05, 4.69) is 49.4 Å². The lowest BCUT2D eigenvalue weighted by Gasteiger charge is -2.49. The van der Waals surface area contributed by atoms with E-state index >= 15 is 0 Å². The molecule has 1 aromatic heterocycles. The molecule has 0 spiro atoms. The maximum Gasteiger partial charge on any atom is 0.353 e. The predicted molar refractivity (Wildman–Crippen MR) is 199 cm³/mol. The van der Waals surface area contributed by atoms with Gasteiger partial charge in [0.1, 0.15) is 17.1 Å². The second-order valence-electron chi connectivity index (χ2n) is 13.6. The first-order valence-electron chi connectivity index (χ1n) is 16.4. The molecule has 1 saturated heterocycles. The van der Waals surface area contributed by atoms with Gasteiger partial charge in [0.05, 0.1) is 5.92 Å². The number of nitrogens with zero attached hydrogens (tertiary/aromatic N) is 5. The molecule has 1 fully saturated rings. The van der Waals surface area contributed by atoms with Gasteiger partial charge >= 0.3 is 5.97 Å². The van der Waals surface area contributed by atoms with Crippen LogP contribution in [0.2, 0.25) is 18.1 Å². The van der Waals surface area contributed by atoms with Gasteiger partial charge in [-0.1, -0.05) is 124 Å². The summed E-state index contributed by atoms with van der Waals surface area (Å²) in [7, 11) is -2.27. The van der Waals surface area contributed by atoms with E-state index in [1.165, 1.54) is 11.2 Å². The maximum atomic E-state index is 14.4. The minimum absolute atomic E-state index is 0.00587. The smallest absolute Gasteiger partial charge is 0.353 e. The van der Waals surface area contributed by atoms with Crippen molar-refractivity contribution in [3.8, 4) is 0 Å². The lowest BCUT2D eigenvalue weighted by atomic mass is 9.99. The van der Waals surface area contributed by atoms with Crippen LogP contribution in [0, 0.1) is 5.92 Å². The number of tetrazole rings is 1. The van der Waals surface area contributed by atoms with E-state index in [1.807, 2.05) is 91.0 Å². The summed E-state index contributed by atoms with van der Waals surface area (Å²) in [6.45, 7) is 8.17. The number of thioether (sulfide) groups is 1. The van der Waals surface area contributed by atoms with Crippen molar-refractivity contribution in [1.29, 1.82) is 0 Å². The molecule has 1 aliphatic heterocycles. The summed E-state index contributed by atoms with van der Waals surface area (Å²) in [6.07, 6.45) is 3.09. The van der Waals surface area contributed by atoms with Gasteiger partial charge in [-0.25, -0.2) is 9.48 Å². The third-order valence-electron chi connectivity index (χ3n) is 9.41. The van der Waals surface area contributed by atoms with E-state index in [1.54, 1.807) is 4.68 Å². The normalized spacial score (nSPS) is 16.7. The van der Waals surface area contributed by atoms with Gasteiger partial charge in [-0.3, -0.25) is 14.5 Å². The van der Waals surface area contributed by atoms with Gasteiger partial charge in [0, 0.05) is 26.5 Å². The Morgan fingerprint density at radius 2 is 1.43 bits per heavy atom. The Labute approximate surface area is 293 Å². The molecular formula is C36H44N5O5PSSi. The lowest BCUT2D eigenvalue weighted by molar-refractivity contribution is -0.147.